The van der Waals surface area contributed by atoms with Gasteiger partial charge in [0.1, 0.15) is 0 Å². The summed E-state index contributed by atoms with van der Waals surface area (Å²) in [5.74, 6) is -0.119. The second kappa shape index (κ2) is 9.18. The zero-order valence-corrected chi connectivity index (χ0v) is 19.1. The van der Waals surface area contributed by atoms with Crippen LogP contribution < -0.4 is 5.32 Å². The van der Waals surface area contributed by atoms with Crippen LogP contribution in [0.1, 0.15) is 25.0 Å². The lowest BCUT2D eigenvalue weighted by Gasteiger charge is -2.43. The van der Waals surface area contributed by atoms with Gasteiger partial charge in [-0.15, -0.1) is 0 Å². The molecule has 7 nitrogen and oxygen atoms in total. The number of amides is 1. The van der Waals surface area contributed by atoms with Crippen molar-refractivity contribution in [2.45, 2.75) is 44.7 Å². The number of para-hydroxylation sites is 2. The van der Waals surface area contributed by atoms with E-state index in [0.717, 1.165) is 16.8 Å². The summed E-state index contributed by atoms with van der Waals surface area (Å²) in [7, 11) is -3.82. The normalized spacial score (nSPS) is 20.2. The Morgan fingerprint density at radius 2 is 1.65 bits per heavy atom. The minimum atomic E-state index is -3.82. The number of hydrogen-bond donors (Lipinski definition) is 1. The fraction of sp³-hybridized carbons (Fsp3) is 0.391. The van der Waals surface area contributed by atoms with E-state index >= 15 is 0 Å². The predicted octanol–water partition coefficient (Wildman–Crippen LogP) is 3.58. The molecule has 0 spiro atoms. The lowest BCUT2D eigenvalue weighted by Crippen LogP contribution is -2.59. The summed E-state index contributed by atoms with van der Waals surface area (Å²) >= 11 is 0. The number of sulfonamides is 1. The van der Waals surface area contributed by atoms with Crippen molar-refractivity contribution in [3.63, 3.8) is 0 Å². The van der Waals surface area contributed by atoms with Crippen LogP contribution in [-0.4, -0.2) is 55.2 Å². The topological polar surface area (TPSA) is 74.1 Å². The van der Waals surface area contributed by atoms with Gasteiger partial charge in [-0.05, 0) is 38.8 Å². The molecule has 1 aliphatic heterocycles. The molecule has 0 saturated carbocycles. The SMILES string of the molecule is [C-]#[N+]c1ccccc1S(=O)(=O)N1[C@H](C)CN(CC(=O)Nc2c(C)cccc2C)C[C@@H]1C. The van der Waals surface area contributed by atoms with Crippen molar-refractivity contribution in [1.29, 1.82) is 0 Å². The molecule has 2 aromatic rings. The minimum Gasteiger partial charge on any atom is -0.324 e. The number of aryl methyl sites for hydroxylation is 2. The van der Waals surface area contributed by atoms with Gasteiger partial charge in [0.25, 0.3) is 0 Å². The van der Waals surface area contributed by atoms with Crippen LogP contribution in [0.2, 0.25) is 0 Å². The summed E-state index contributed by atoms with van der Waals surface area (Å²) in [4.78, 5) is 18.0. The molecule has 0 bridgehead atoms. The predicted molar refractivity (Wildman–Crippen MR) is 122 cm³/mol. The summed E-state index contributed by atoms with van der Waals surface area (Å²) in [6.07, 6.45) is 0. The summed E-state index contributed by atoms with van der Waals surface area (Å²) in [6.45, 7) is 15.9. The van der Waals surface area contributed by atoms with Crippen LogP contribution in [0.25, 0.3) is 4.85 Å². The number of carbonyl (C=O) groups excluding carboxylic acids is 1. The molecule has 1 heterocycles. The average Bonchev–Trinajstić information content (AvgIpc) is 2.70. The number of rotatable bonds is 5. The molecule has 1 saturated heterocycles. The van der Waals surface area contributed by atoms with E-state index in [1.807, 2.05) is 50.8 Å². The Morgan fingerprint density at radius 1 is 1.06 bits per heavy atom. The lowest BCUT2D eigenvalue weighted by molar-refractivity contribution is -0.118. The molecular weight excluding hydrogens is 412 g/mol. The van der Waals surface area contributed by atoms with Crippen LogP contribution in [-0.2, 0) is 14.8 Å². The highest BCUT2D eigenvalue weighted by molar-refractivity contribution is 7.89. The van der Waals surface area contributed by atoms with E-state index in [4.69, 9.17) is 6.57 Å². The van der Waals surface area contributed by atoms with Crippen LogP contribution in [0.3, 0.4) is 0 Å². The molecule has 31 heavy (non-hydrogen) atoms. The van der Waals surface area contributed by atoms with Gasteiger partial charge in [-0.3, -0.25) is 9.69 Å². The second-order valence-corrected chi connectivity index (χ2v) is 9.93. The fourth-order valence-electron chi connectivity index (χ4n) is 4.30. The van der Waals surface area contributed by atoms with E-state index in [9.17, 15) is 13.2 Å². The van der Waals surface area contributed by atoms with E-state index < -0.39 is 10.0 Å². The van der Waals surface area contributed by atoms with Crippen molar-refractivity contribution >= 4 is 27.3 Å². The number of piperazine rings is 1. The first-order valence-corrected chi connectivity index (χ1v) is 11.7. The second-order valence-electron chi connectivity index (χ2n) is 8.12. The van der Waals surface area contributed by atoms with Gasteiger partial charge in [-0.1, -0.05) is 42.5 Å². The van der Waals surface area contributed by atoms with E-state index in [2.05, 4.69) is 10.2 Å². The maximum atomic E-state index is 13.3. The summed E-state index contributed by atoms with van der Waals surface area (Å²) in [5.41, 5.74) is 2.96. The molecule has 1 amide bonds. The molecule has 2 aromatic carbocycles. The number of nitrogens with one attached hydrogen (secondary N) is 1. The largest absolute Gasteiger partial charge is 0.324 e. The molecular formula is C23H28N4O3S. The minimum absolute atomic E-state index is 0.0323. The van der Waals surface area contributed by atoms with Gasteiger partial charge in [0, 0.05) is 30.9 Å². The van der Waals surface area contributed by atoms with Gasteiger partial charge in [0.2, 0.25) is 21.6 Å². The van der Waals surface area contributed by atoms with Crippen molar-refractivity contribution in [3.8, 4) is 0 Å². The van der Waals surface area contributed by atoms with E-state index in [-0.39, 0.29) is 35.1 Å². The van der Waals surface area contributed by atoms with Crippen molar-refractivity contribution in [2.24, 2.45) is 0 Å². The Bertz CT molecular complexity index is 1090. The van der Waals surface area contributed by atoms with E-state index in [1.54, 1.807) is 12.1 Å². The Kier molecular flexibility index (Phi) is 6.80. The molecule has 164 valence electrons. The summed E-state index contributed by atoms with van der Waals surface area (Å²) in [6, 6.07) is 11.5. The van der Waals surface area contributed by atoms with Gasteiger partial charge in [0.15, 0.2) is 0 Å². The van der Waals surface area contributed by atoms with Crippen LogP contribution in [0, 0.1) is 20.4 Å². The highest BCUT2D eigenvalue weighted by atomic mass is 32.2. The third-order valence-corrected chi connectivity index (χ3v) is 7.74. The van der Waals surface area contributed by atoms with E-state index in [0.29, 0.717) is 13.1 Å². The molecule has 0 aliphatic carbocycles. The van der Waals surface area contributed by atoms with Crippen molar-refractivity contribution < 1.29 is 13.2 Å². The highest BCUT2D eigenvalue weighted by Gasteiger charge is 2.39. The zero-order valence-electron chi connectivity index (χ0n) is 18.3. The Morgan fingerprint density at radius 3 is 2.23 bits per heavy atom. The highest BCUT2D eigenvalue weighted by Crippen LogP contribution is 2.31. The summed E-state index contributed by atoms with van der Waals surface area (Å²) in [5, 5.41) is 2.99. The molecule has 0 aromatic heterocycles. The smallest absolute Gasteiger partial charge is 0.238 e. The molecule has 2 atom stereocenters. The monoisotopic (exact) mass is 440 g/mol. The first-order valence-electron chi connectivity index (χ1n) is 10.2. The van der Waals surface area contributed by atoms with Crippen LogP contribution in [0.15, 0.2) is 47.4 Å². The molecule has 3 rings (SSSR count). The average molecular weight is 441 g/mol. The van der Waals surface area contributed by atoms with Gasteiger partial charge in [0.05, 0.1) is 18.0 Å². The van der Waals surface area contributed by atoms with Crippen LogP contribution >= 0.6 is 0 Å². The number of anilines is 1. The third kappa shape index (κ3) is 4.79. The Hall–Kier alpha value is -2.73. The Balaban J connectivity index is 1.73. The van der Waals surface area contributed by atoms with Gasteiger partial charge in [-0.2, -0.15) is 4.31 Å². The quantitative estimate of drug-likeness (QED) is 0.722. The molecule has 1 N–H and O–H groups in total. The van der Waals surface area contributed by atoms with Crippen molar-refractivity contribution in [1.82, 2.24) is 9.21 Å². The molecule has 1 fully saturated rings. The first-order chi connectivity index (χ1) is 14.6. The van der Waals surface area contributed by atoms with Crippen LogP contribution in [0.4, 0.5) is 11.4 Å². The maximum absolute atomic E-state index is 13.3. The number of hydrogen-bond acceptors (Lipinski definition) is 4. The molecule has 1 aliphatic rings. The van der Waals surface area contributed by atoms with Gasteiger partial charge >= 0.3 is 0 Å². The standard InChI is InChI=1S/C23H28N4O3S/c1-16-9-8-10-17(2)23(16)25-22(28)15-26-13-18(3)27(19(4)14-26)31(29,30)21-12-7-6-11-20(21)24-5/h6-12,18-19H,13-15H2,1-4H3,(H,25,28)/t18-,19+. The molecule has 8 heteroatoms. The van der Waals surface area contributed by atoms with Crippen LogP contribution in [0.5, 0.6) is 0 Å². The number of benzene rings is 2. The first kappa shape index (κ1) is 22.9. The van der Waals surface area contributed by atoms with Gasteiger partial charge in [-0.25, -0.2) is 13.3 Å². The van der Waals surface area contributed by atoms with Crippen molar-refractivity contribution in [2.75, 3.05) is 25.0 Å². The number of nitrogens with zero attached hydrogens (tertiary/aromatic N) is 3. The third-order valence-electron chi connectivity index (χ3n) is 5.57. The lowest BCUT2D eigenvalue weighted by atomic mass is 10.1. The summed E-state index contributed by atoms with van der Waals surface area (Å²) < 4.78 is 28.1. The van der Waals surface area contributed by atoms with E-state index in [1.165, 1.54) is 16.4 Å². The van der Waals surface area contributed by atoms with Gasteiger partial charge < -0.3 is 5.32 Å². The Labute approximate surface area is 184 Å². The van der Waals surface area contributed by atoms with Crippen molar-refractivity contribution in [3.05, 3.63) is 65.0 Å². The molecule has 0 radical (unpaired) electrons. The fourth-order valence-corrected chi connectivity index (χ4v) is 6.23. The number of carbonyl (C=O) groups is 1. The maximum Gasteiger partial charge on any atom is 0.238 e. The zero-order chi connectivity index (χ0) is 22.8. The molecule has 0 unspecified atom stereocenters.